The minimum absolute atomic E-state index is 0.183. The van der Waals surface area contributed by atoms with Crippen LogP contribution in [-0.4, -0.2) is 31.4 Å². The van der Waals surface area contributed by atoms with E-state index in [1.54, 1.807) is 24.5 Å². The predicted octanol–water partition coefficient (Wildman–Crippen LogP) is 5.90. The summed E-state index contributed by atoms with van der Waals surface area (Å²) in [5.74, 6) is 0.510. The number of rotatable bonds is 7. The molecule has 162 valence electrons. The van der Waals surface area contributed by atoms with Crippen LogP contribution in [0.1, 0.15) is 6.42 Å². The van der Waals surface area contributed by atoms with E-state index in [9.17, 15) is 9.18 Å². The molecule has 32 heavy (non-hydrogen) atoms. The van der Waals surface area contributed by atoms with Crippen molar-refractivity contribution >= 4 is 46.6 Å². The van der Waals surface area contributed by atoms with Crippen LogP contribution in [0.15, 0.2) is 72.1 Å². The Morgan fingerprint density at radius 2 is 1.88 bits per heavy atom. The molecule has 4 aromatic rings. The largest absolute Gasteiger partial charge is 0.326 e. The second kappa shape index (κ2) is 10.1. The lowest BCUT2D eigenvalue weighted by molar-refractivity contribution is -0.115. The van der Waals surface area contributed by atoms with Crippen LogP contribution < -0.4 is 5.32 Å². The molecular weight excluding hydrogens is 472 g/mol. The Balaban J connectivity index is 1.53. The molecule has 0 atom stereocenters. The van der Waals surface area contributed by atoms with Gasteiger partial charge in [-0.15, -0.1) is 10.2 Å². The van der Waals surface area contributed by atoms with Gasteiger partial charge in [0.15, 0.2) is 11.0 Å². The molecule has 1 N–H and O–H groups in total. The van der Waals surface area contributed by atoms with E-state index in [1.165, 1.54) is 36.0 Å². The molecule has 0 fully saturated rings. The number of hydrogen-bond donors (Lipinski definition) is 1. The summed E-state index contributed by atoms with van der Waals surface area (Å²) in [4.78, 5) is 16.4. The Labute approximate surface area is 197 Å². The highest BCUT2D eigenvalue weighted by Crippen LogP contribution is 2.31. The van der Waals surface area contributed by atoms with E-state index in [4.69, 9.17) is 23.2 Å². The minimum Gasteiger partial charge on any atom is -0.326 e. The third-order valence-electron chi connectivity index (χ3n) is 4.40. The maximum absolute atomic E-state index is 13.0. The van der Waals surface area contributed by atoms with Gasteiger partial charge in [-0.1, -0.05) is 35.0 Å². The molecule has 2 heterocycles. The number of nitrogens with one attached hydrogen (secondary N) is 1. The number of hydrogen-bond acceptors (Lipinski definition) is 5. The van der Waals surface area contributed by atoms with E-state index in [0.717, 1.165) is 11.3 Å². The summed E-state index contributed by atoms with van der Waals surface area (Å²) >= 11 is 13.7. The van der Waals surface area contributed by atoms with Crippen LogP contribution in [0.5, 0.6) is 0 Å². The van der Waals surface area contributed by atoms with Crippen LogP contribution in [0.25, 0.3) is 17.1 Å². The molecule has 0 aliphatic rings. The summed E-state index contributed by atoms with van der Waals surface area (Å²) in [7, 11) is 0. The van der Waals surface area contributed by atoms with Gasteiger partial charge in [-0.05, 0) is 54.6 Å². The van der Waals surface area contributed by atoms with Gasteiger partial charge < -0.3 is 5.32 Å². The van der Waals surface area contributed by atoms with Crippen molar-refractivity contribution in [1.29, 1.82) is 0 Å². The maximum atomic E-state index is 13.0. The number of benzene rings is 2. The van der Waals surface area contributed by atoms with E-state index in [1.807, 2.05) is 22.8 Å². The van der Waals surface area contributed by atoms with Crippen molar-refractivity contribution in [3.8, 4) is 17.1 Å². The molecule has 2 aromatic heterocycles. The SMILES string of the molecule is O=C(CCSc1nnc(-c2cccnc2)n1-c1ccc(Cl)c(Cl)c1)Nc1ccc(F)cc1. The summed E-state index contributed by atoms with van der Waals surface area (Å²) < 4.78 is 14.9. The molecule has 6 nitrogen and oxygen atoms in total. The number of carbonyl (C=O) groups is 1. The second-order valence-electron chi connectivity index (χ2n) is 6.64. The lowest BCUT2D eigenvalue weighted by Crippen LogP contribution is -2.12. The van der Waals surface area contributed by atoms with E-state index < -0.39 is 0 Å². The third kappa shape index (κ3) is 5.27. The van der Waals surface area contributed by atoms with E-state index in [-0.39, 0.29) is 18.1 Å². The molecule has 4 rings (SSSR count). The van der Waals surface area contributed by atoms with Crippen LogP contribution in [0, 0.1) is 5.82 Å². The van der Waals surface area contributed by atoms with Crippen molar-refractivity contribution in [2.45, 2.75) is 11.6 Å². The van der Waals surface area contributed by atoms with Gasteiger partial charge in [0.25, 0.3) is 0 Å². The van der Waals surface area contributed by atoms with Crippen molar-refractivity contribution in [1.82, 2.24) is 19.7 Å². The zero-order valence-electron chi connectivity index (χ0n) is 16.5. The summed E-state index contributed by atoms with van der Waals surface area (Å²) in [5, 5.41) is 12.8. The number of carbonyl (C=O) groups excluding carboxylic acids is 1. The van der Waals surface area contributed by atoms with Crippen molar-refractivity contribution in [3.63, 3.8) is 0 Å². The van der Waals surface area contributed by atoms with E-state index in [2.05, 4.69) is 20.5 Å². The summed E-state index contributed by atoms with van der Waals surface area (Å²) in [6, 6.07) is 14.6. The first-order valence-electron chi connectivity index (χ1n) is 9.51. The molecular formula is C22H16Cl2FN5OS. The lowest BCUT2D eigenvalue weighted by atomic mass is 10.2. The fourth-order valence-corrected chi connectivity index (χ4v) is 4.08. The minimum atomic E-state index is -0.357. The average molecular weight is 488 g/mol. The molecule has 10 heteroatoms. The van der Waals surface area contributed by atoms with Gasteiger partial charge in [0.2, 0.25) is 5.91 Å². The van der Waals surface area contributed by atoms with E-state index in [0.29, 0.717) is 32.5 Å². The Morgan fingerprint density at radius 3 is 2.59 bits per heavy atom. The second-order valence-corrected chi connectivity index (χ2v) is 8.51. The molecule has 0 unspecified atom stereocenters. The first-order valence-corrected chi connectivity index (χ1v) is 11.2. The molecule has 1 amide bonds. The van der Waals surface area contributed by atoms with Crippen LogP contribution in [0.2, 0.25) is 10.0 Å². The zero-order chi connectivity index (χ0) is 22.5. The van der Waals surface area contributed by atoms with Crippen LogP contribution in [0.3, 0.4) is 0 Å². The summed E-state index contributed by atoms with van der Waals surface area (Å²) in [5.41, 5.74) is 2.06. The highest BCUT2D eigenvalue weighted by Gasteiger charge is 2.17. The van der Waals surface area contributed by atoms with Crippen LogP contribution in [0.4, 0.5) is 10.1 Å². The summed E-state index contributed by atoms with van der Waals surface area (Å²) in [6.45, 7) is 0. The Hall–Kier alpha value is -2.94. The molecule has 0 spiro atoms. The Bertz CT molecular complexity index is 1240. The van der Waals surface area contributed by atoms with Gasteiger partial charge in [-0.2, -0.15) is 0 Å². The molecule has 0 radical (unpaired) electrons. The van der Waals surface area contributed by atoms with E-state index >= 15 is 0 Å². The normalized spacial score (nSPS) is 10.8. The molecule has 0 bridgehead atoms. The maximum Gasteiger partial charge on any atom is 0.225 e. The third-order valence-corrected chi connectivity index (χ3v) is 6.07. The number of halogens is 3. The van der Waals surface area contributed by atoms with Crippen molar-refractivity contribution in [2.24, 2.45) is 0 Å². The summed E-state index contributed by atoms with van der Waals surface area (Å²) in [6.07, 6.45) is 3.61. The van der Waals surface area contributed by atoms with Gasteiger partial charge in [0.05, 0.1) is 15.7 Å². The Kier molecular flexibility index (Phi) is 7.04. The fraction of sp³-hybridized carbons (Fsp3) is 0.0909. The van der Waals surface area contributed by atoms with Crippen LogP contribution >= 0.6 is 35.0 Å². The van der Waals surface area contributed by atoms with Gasteiger partial charge in [0, 0.05) is 35.8 Å². The standard InChI is InChI=1S/C22H16Cl2FN5OS/c23-18-8-7-17(12-19(18)24)30-21(14-2-1-10-26-13-14)28-29-22(30)32-11-9-20(31)27-16-5-3-15(25)4-6-16/h1-8,10,12-13H,9,11H2,(H,27,31). The van der Waals surface area contributed by atoms with Crippen molar-refractivity contribution in [3.05, 3.63) is 82.9 Å². The van der Waals surface area contributed by atoms with Gasteiger partial charge in [0.1, 0.15) is 5.82 Å². The molecule has 0 aliphatic carbocycles. The number of amides is 1. The van der Waals surface area contributed by atoms with Gasteiger partial charge in [-0.3, -0.25) is 14.3 Å². The molecule has 0 aliphatic heterocycles. The molecule has 2 aromatic carbocycles. The number of nitrogens with zero attached hydrogens (tertiary/aromatic N) is 4. The quantitative estimate of drug-likeness (QED) is 0.328. The predicted molar refractivity (Wildman–Crippen MR) is 125 cm³/mol. The molecule has 0 saturated heterocycles. The highest BCUT2D eigenvalue weighted by atomic mass is 35.5. The molecule has 0 saturated carbocycles. The first kappa shape index (κ1) is 22.3. The van der Waals surface area contributed by atoms with Gasteiger partial charge in [-0.25, -0.2) is 4.39 Å². The van der Waals surface area contributed by atoms with Gasteiger partial charge >= 0.3 is 0 Å². The Morgan fingerprint density at radius 1 is 1.06 bits per heavy atom. The number of thioether (sulfide) groups is 1. The van der Waals surface area contributed by atoms with Crippen molar-refractivity contribution < 1.29 is 9.18 Å². The van der Waals surface area contributed by atoms with Crippen molar-refractivity contribution in [2.75, 3.05) is 11.1 Å². The number of anilines is 1. The number of pyridine rings is 1. The highest BCUT2D eigenvalue weighted by molar-refractivity contribution is 7.99. The lowest BCUT2D eigenvalue weighted by Gasteiger charge is -2.11. The monoisotopic (exact) mass is 487 g/mol. The first-order chi connectivity index (χ1) is 15.5. The number of aromatic nitrogens is 4. The zero-order valence-corrected chi connectivity index (χ0v) is 18.8. The van der Waals surface area contributed by atoms with Crippen LogP contribution in [-0.2, 0) is 4.79 Å². The topological polar surface area (TPSA) is 72.7 Å². The smallest absolute Gasteiger partial charge is 0.225 e. The average Bonchev–Trinajstić information content (AvgIpc) is 3.22. The fourth-order valence-electron chi connectivity index (χ4n) is 2.89.